The van der Waals surface area contributed by atoms with Crippen molar-refractivity contribution in [1.29, 1.82) is 0 Å². The number of aromatic nitrogens is 1. The lowest BCUT2D eigenvalue weighted by molar-refractivity contribution is -0.153. The highest BCUT2D eigenvalue weighted by molar-refractivity contribution is 7.09. The largest absolute Gasteiger partial charge is 0.458 e. The van der Waals surface area contributed by atoms with Gasteiger partial charge in [0.2, 0.25) is 0 Å². The summed E-state index contributed by atoms with van der Waals surface area (Å²) in [6.07, 6.45) is 1.30. The molecule has 1 saturated heterocycles. The van der Waals surface area contributed by atoms with Crippen LogP contribution in [0.25, 0.3) is 6.08 Å². The summed E-state index contributed by atoms with van der Waals surface area (Å²) in [6.45, 7) is 13.2. The third-order valence-electron chi connectivity index (χ3n) is 6.63. The number of carbonyl (C=O) groups is 3. The van der Waals surface area contributed by atoms with Crippen LogP contribution in [0.1, 0.15) is 71.5 Å². The highest BCUT2D eigenvalue weighted by atomic mass is 32.1. The third-order valence-corrected chi connectivity index (χ3v) is 7.42. The topological polar surface area (TPSA) is 103 Å². The summed E-state index contributed by atoms with van der Waals surface area (Å²) >= 11 is 1.55. The highest BCUT2D eigenvalue weighted by Gasteiger charge is 2.42. The van der Waals surface area contributed by atoms with Gasteiger partial charge in [-0.2, -0.15) is 0 Å². The van der Waals surface area contributed by atoms with Crippen LogP contribution in [0.2, 0.25) is 0 Å². The van der Waals surface area contributed by atoms with Crippen LogP contribution in [0.5, 0.6) is 0 Å². The van der Waals surface area contributed by atoms with E-state index in [1.54, 1.807) is 18.3 Å². The van der Waals surface area contributed by atoms with E-state index in [1.807, 2.05) is 32.2 Å². The maximum atomic E-state index is 13.1. The fourth-order valence-corrected chi connectivity index (χ4v) is 4.70. The first-order chi connectivity index (χ1) is 15.8. The Morgan fingerprint density at radius 1 is 1.18 bits per heavy atom. The number of aliphatic hydroxyl groups excluding tert-OH is 1. The summed E-state index contributed by atoms with van der Waals surface area (Å²) < 4.78 is 11.6. The van der Waals surface area contributed by atoms with Gasteiger partial charge in [0.05, 0.1) is 28.8 Å². The minimum absolute atomic E-state index is 0.201. The number of ketones is 2. The molecule has 1 aliphatic heterocycles. The van der Waals surface area contributed by atoms with Gasteiger partial charge in [-0.15, -0.1) is 11.3 Å². The Morgan fingerprint density at radius 3 is 2.47 bits per heavy atom. The third kappa shape index (κ3) is 7.55. The van der Waals surface area contributed by atoms with Crippen molar-refractivity contribution in [3.8, 4) is 0 Å². The van der Waals surface area contributed by atoms with E-state index in [4.69, 9.17) is 9.47 Å². The molecule has 5 atom stereocenters. The zero-order valence-corrected chi connectivity index (χ0v) is 22.2. The van der Waals surface area contributed by atoms with E-state index in [-0.39, 0.29) is 11.8 Å². The molecule has 1 aromatic heterocycles. The summed E-state index contributed by atoms with van der Waals surface area (Å²) in [4.78, 5) is 43.2. The lowest BCUT2D eigenvalue weighted by Crippen LogP contribution is -2.44. The molecule has 34 heavy (non-hydrogen) atoms. The fraction of sp³-hybridized carbons (Fsp3) is 0.692. The Balaban J connectivity index is 2.28. The van der Waals surface area contributed by atoms with Crippen LogP contribution in [-0.2, 0) is 23.9 Å². The van der Waals surface area contributed by atoms with Gasteiger partial charge in [-0.1, -0.05) is 20.8 Å². The van der Waals surface area contributed by atoms with Gasteiger partial charge in [0.25, 0.3) is 0 Å². The van der Waals surface area contributed by atoms with E-state index in [9.17, 15) is 19.5 Å². The minimum atomic E-state index is -1.41. The second-order valence-electron chi connectivity index (χ2n) is 10.2. The number of aryl methyl sites for hydroxylation is 1. The molecule has 0 bridgehead atoms. The van der Waals surface area contributed by atoms with Crippen LogP contribution in [0.15, 0.2) is 11.0 Å². The van der Waals surface area contributed by atoms with Gasteiger partial charge in [0, 0.05) is 23.8 Å². The molecule has 1 aliphatic rings. The number of hydrogen-bond acceptors (Lipinski definition) is 8. The molecule has 7 nitrogen and oxygen atoms in total. The Kier molecular flexibility index (Phi) is 10.2. The number of ether oxygens (including phenoxy) is 2. The lowest BCUT2D eigenvalue weighted by Gasteiger charge is -2.31. The Hall–Kier alpha value is -1.90. The van der Waals surface area contributed by atoms with Gasteiger partial charge < -0.3 is 14.6 Å². The number of nitrogens with zero attached hydrogens (tertiary/aromatic N) is 1. The molecule has 5 unspecified atom stereocenters. The molecule has 1 N–H and O–H groups in total. The van der Waals surface area contributed by atoms with Crippen LogP contribution in [0, 0.1) is 30.1 Å². The molecule has 0 spiro atoms. The summed E-state index contributed by atoms with van der Waals surface area (Å²) in [5, 5.41) is 13.6. The second-order valence-corrected chi connectivity index (χ2v) is 11.3. The normalized spacial score (nSPS) is 30.8. The number of carbonyl (C=O) groups excluding carboxylic acids is 3. The van der Waals surface area contributed by atoms with Crippen LogP contribution in [-0.4, -0.2) is 53.0 Å². The average molecular weight is 494 g/mol. The van der Waals surface area contributed by atoms with Gasteiger partial charge in [0.15, 0.2) is 11.6 Å². The Morgan fingerprint density at radius 2 is 1.85 bits per heavy atom. The van der Waals surface area contributed by atoms with E-state index in [0.29, 0.717) is 19.6 Å². The smallest absolute Gasteiger partial charge is 0.313 e. The molecule has 190 valence electrons. The van der Waals surface area contributed by atoms with Crippen LogP contribution in [0.4, 0.5) is 0 Å². The molecule has 0 amide bonds. The molecule has 0 aromatic carbocycles. The van der Waals surface area contributed by atoms with Crippen LogP contribution in [0.3, 0.4) is 0 Å². The number of aliphatic hydroxyl groups is 1. The maximum Gasteiger partial charge on any atom is 0.313 e. The Labute approximate surface area is 206 Å². The van der Waals surface area contributed by atoms with Gasteiger partial charge in [-0.25, -0.2) is 4.98 Å². The number of esters is 1. The summed E-state index contributed by atoms with van der Waals surface area (Å²) in [5.74, 6) is -2.39. The van der Waals surface area contributed by atoms with Gasteiger partial charge in [-0.05, 0) is 58.1 Å². The van der Waals surface area contributed by atoms with Crippen molar-refractivity contribution in [3.63, 3.8) is 0 Å². The molecule has 1 aromatic rings. The minimum Gasteiger partial charge on any atom is -0.458 e. The van der Waals surface area contributed by atoms with Gasteiger partial charge in [0.1, 0.15) is 12.5 Å². The number of thiazole rings is 1. The standard InChI is InChI=1S/C26H39NO6S/c1-15-8-9-21(16(2)10-20-14-34-19(5)27-20)33-23(29)11-22(28)26(6,7)25(31)18(4)24(30)17(3)13-32-12-15/h10,14-15,17-18,21,24,30H,8-9,11-13H2,1-7H3. The van der Waals surface area contributed by atoms with Crippen LogP contribution < -0.4 is 0 Å². The van der Waals surface area contributed by atoms with Crippen molar-refractivity contribution in [2.24, 2.45) is 23.2 Å². The number of rotatable bonds is 2. The van der Waals surface area contributed by atoms with Crippen molar-refractivity contribution < 1.29 is 29.0 Å². The molecule has 2 heterocycles. The predicted octanol–water partition coefficient (Wildman–Crippen LogP) is 4.40. The molecular weight excluding hydrogens is 454 g/mol. The zero-order chi connectivity index (χ0) is 25.6. The molecule has 8 heteroatoms. The first kappa shape index (κ1) is 28.3. The van der Waals surface area contributed by atoms with E-state index >= 15 is 0 Å². The molecule has 0 saturated carbocycles. The van der Waals surface area contributed by atoms with E-state index < -0.39 is 47.5 Å². The Bertz CT molecular complexity index is 905. The van der Waals surface area contributed by atoms with E-state index in [0.717, 1.165) is 22.7 Å². The highest BCUT2D eigenvalue weighted by Crippen LogP contribution is 2.29. The SMILES string of the molecule is CC(=Cc1csc(C)n1)C1CCC(C)COCC(C)C(O)C(C)C(=O)C(C)(C)C(=O)CC(=O)O1. The van der Waals surface area contributed by atoms with E-state index in [1.165, 1.54) is 13.8 Å². The first-order valence-corrected chi connectivity index (χ1v) is 12.8. The first-order valence-electron chi connectivity index (χ1n) is 12.0. The van der Waals surface area contributed by atoms with E-state index in [2.05, 4.69) is 11.9 Å². The molecule has 0 radical (unpaired) electrons. The van der Waals surface area contributed by atoms with Crippen LogP contribution >= 0.6 is 11.3 Å². The molecular formula is C26H39NO6S. The summed E-state index contributed by atoms with van der Waals surface area (Å²) in [5.41, 5.74) is 0.245. The fourth-order valence-electron chi connectivity index (χ4n) is 4.13. The average Bonchev–Trinajstić information content (AvgIpc) is 3.18. The van der Waals surface area contributed by atoms with Crippen molar-refractivity contribution >= 4 is 34.9 Å². The predicted molar refractivity (Wildman–Crippen MR) is 132 cm³/mol. The van der Waals surface area contributed by atoms with Gasteiger partial charge >= 0.3 is 5.97 Å². The number of Topliss-reactive ketones (excluding diaryl/α,β-unsaturated/α-hetero) is 2. The summed E-state index contributed by atoms with van der Waals surface area (Å²) in [6, 6.07) is 0. The van der Waals surface area contributed by atoms with Crippen molar-refractivity contribution in [1.82, 2.24) is 4.98 Å². The van der Waals surface area contributed by atoms with Gasteiger partial charge in [-0.3, -0.25) is 14.4 Å². The van der Waals surface area contributed by atoms with Crippen molar-refractivity contribution in [2.75, 3.05) is 13.2 Å². The second kappa shape index (κ2) is 12.2. The summed E-state index contributed by atoms with van der Waals surface area (Å²) in [7, 11) is 0. The quantitative estimate of drug-likeness (QED) is 0.481. The number of cyclic esters (lactones) is 1. The van der Waals surface area contributed by atoms with Crippen molar-refractivity contribution in [3.05, 3.63) is 21.7 Å². The maximum absolute atomic E-state index is 13.1. The zero-order valence-electron chi connectivity index (χ0n) is 21.4. The van der Waals surface area contributed by atoms with Crippen molar-refractivity contribution in [2.45, 2.75) is 79.9 Å². The lowest BCUT2D eigenvalue weighted by atomic mass is 9.74. The monoisotopic (exact) mass is 493 g/mol. The molecule has 0 aliphatic carbocycles. The number of hydrogen-bond donors (Lipinski definition) is 1. The molecule has 1 fully saturated rings. The molecule has 2 rings (SSSR count).